The zero-order valence-electron chi connectivity index (χ0n) is 16.4. The summed E-state index contributed by atoms with van der Waals surface area (Å²) in [7, 11) is 0. The molecule has 0 spiro atoms. The number of aromatic nitrogens is 3. The van der Waals surface area contributed by atoms with Gasteiger partial charge in [0.05, 0.1) is 5.69 Å². The Hall–Kier alpha value is -3.31. The summed E-state index contributed by atoms with van der Waals surface area (Å²) in [6.07, 6.45) is 3.40. The SMILES string of the molecule is CC(CNc1nc(Cl)c(-c2ccc(F)cc2)c(-c2ccncc2)n1)c1ccccc1. The lowest BCUT2D eigenvalue weighted by Gasteiger charge is -2.16. The van der Waals surface area contributed by atoms with Crippen molar-refractivity contribution in [3.63, 3.8) is 0 Å². The zero-order valence-corrected chi connectivity index (χ0v) is 17.1. The van der Waals surface area contributed by atoms with Gasteiger partial charge >= 0.3 is 0 Å². The molecule has 0 aliphatic carbocycles. The lowest BCUT2D eigenvalue weighted by atomic mass is 10.0. The predicted molar refractivity (Wildman–Crippen MR) is 119 cm³/mol. The average molecular weight is 419 g/mol. The molecule has 4 aromatic rings. The zero-order chi connectivity index (χ0) is 20.9. The van der Waals surface area contributed by atoms with E-state index in [2.05, 4.69) is 34.3 Å². The predicted octanol–water partition coefficient (Wildman–Crippen LogP) is 6.21. The fourth-order valence-electron chi connectivity index (χ4n) is 3.25. The molecule has 1 atom stereocenters. The van der Waals surface area contributed by atoms with Crippen LogP contribution in [-0.4, -0.2) is 21.5 Å². The summed E-state index contributed by atoms with van der Waals surface area (Å²) in [6, 6.07) is 20.1. The van der Waals surface area contributed by atoms with Gasteiger partial charge in [-0.2, -0.15) is 0 Å². The van der Waals surface area contributed by atoms with Crippen molar-refractivity contribution in [1.29, 1.82) is 0 Å². The van der Waals surface area contributed by atoms with Crippen molar-refractivity contribution in [2.75, 3.05) is 11.9 Å². The quantitative estimate of drug-likeness (QED) is 0.378. The molecule has 0 amide bonds. The third-order valence-electron chi connectivity index (χ3n) is 4.89. The maximum atomic E-state index is 13.4. The largest absolute Gasteiger partial charge is 0.354 e. The first-order valence-corrected chi connectivity index (χ1v) is 10.0. The highest BCUT2D eigenvalue weighted by molar-refractivity contribution is 6.32. The van der Waals surface area contributed by atoms with E-state index in [1.165, 1.54) is 17.7 Å². The minimum absolute atomic E-state index is 0.273. The van der Waals surface area contributed by atoms with E-state index in [1.54, 1.807) is 24.5 Å². The van der Waals surface area contributed by atoms with Gasteiger partial charge < -0.3 is 5.32 Å². The van der Waals surface area contributed by atoms with Crippen molar-refractivity contribution >= 4 is 17.5 Å². The van der Waals surface area contributed by atoms with E-state index in [0.29, 0.717) is 28.9 Å². The van der Waals surface area contributed by atoms with E-state index in [4.69, 9.17) is 16.6 Å². The number of nitrogens with zero attached hydrogens (tertiary/aromatic N) is 3. The Bertz CT molecular complexity index is 1120. The monoisotopic (exact) mass is 418 g/mol. The van der Waals surface area contributed by atoms with Crippen LogP contribution >= 0.6 is 11.6 Å². The Balaban J connectivity index is 1.70. The fourth-order valence-corrected chi connectivity index (χ4v) is 3.53. The molecule has 2 heterocycles. The molecule has 0 bridgehead atoms. The number of rotatable bonds is 6. The molecule has 0 aliphatic rings. The van der Waals surface area contributed by atoms with Crippen LogP contribution in [-0.2, 0) is 0 Å². The van der Waals surface area contributed by atoms with Gasteiger partial charge in [0.25, 0.3) is 0 Å². The first-order chi connectivity index (χ1) is 14.6. The van der Waals surface area contributed by atoms with E-state index < -0.39 is 0 Å². The molecule has 0 saturated carbocycles. The highest BCUT2D eigenvalue weighted by atomic mass is 35.5. The molecule has 1 N–H and O–H groups in total. The van der Waals surface area contributed by atoms with Crippen molar-refractivity contribution in [1.82, 2.24) is 15.0 Å². The van der Waals surface area contributed by atoms with Crippen LogP contribution in [0.1, 0.15) is 18.4 Å². The van der Waals surface area contributed by atoms with Crippen LogP contribution in [0.2, 0.25) is 5.15 Å². The molecule has 0 saturated heterocycles. The average Bonchev–Trinajstić information content (AvgIpc) is 2.79. The minimum atomic E-state index is -0.311. The summed E-state index contributed by atoms with van der Waals surface area (Å²) in [5.74, 6) is 0.407. The van der Waals surface area contributed by atoms with Gasteiger partial charge in [-0.05, 0) is 41.3 Å². The maximum absolute atomic E-state index is 13.4. The molecule has 2 aromatic heterocycles. The minimum Gasteiger partial charge on any atom is -0.354 e. The molecule has 30 heavy (non-hydrogen) atoms. The molecular weight excluding hydrogens is 399 g/mol. The van der Waals surface area contributed by atoms with Crippen LogP contribution in [0, 0.1) is 5.82 Å². The number of halogens is 2. The molecule has 0 fully saturated rings. The van der Waals surface area contributed by atoms with Crippen LogP contribution in [0.25, 0.3) is 22.4 Å². The van der Waals surface area contributed by atoms with Crippen molar-refractivity contribution in [3.8, 4) is 22.4 Å². The van der Waals surface area contributed by atoms with E-state index in [-0.39, 0.29) is 11.7 Å². The smallest absolute Gasteiger partial charge is 0.224 e. The number of hydrogen-bond acceptors (Lipinski definition) is 4. The van der Waals surface area contributed by atoms with Gasteiger partial charge in [0, 0.05) is 30.1 Å². The summed E-state index contributed by atoms with van der Waals surface area (Å²) >= 11 is 6.59. The molecular formula is C24H20ClFN4. The third kappa shape index (κ3) is 4.47. The first-order valence-electron chi connectivity index (χ1n) is 9.64. The van der Waals surface area contributed by atoms with Gasteiger partial charge in [-0.15, -0.1) is 0 Å². The highest BCUT2D eigenvalue weighted by Gasteiger charge is 2.17. The molecule has 0 aliphatic heterocycles. The van der Waals surface area contributed by atoms with Gasteiger partial charge in [0.2, 0.25) is 5.95 Å². The van der Waals surface area contributed by atoms with E-state index >= 15 is 0 Å². The van der Waals surface area contributed by atoms with E-state index in [0.717, 1.165) is 11.1 Å². The number of anilines is 1. The van der Waals surface area contributed by atoms with Crippen LogP contribution in [0.5, 0.6) is 0 Å². The molecule has 4 rings (SSSR count). The van der Waals surface area contributed by atoms with Crippen LogP contribution in [0.3, 0.4) is 0 Å². The molecule has 1 unspecified atom stereocenters. The number of pyridine rings is 1. The fraction of sp³-hybridized carbons (Fsp3) is 0.125. The molecule has 4 nitrogen and oxygen atoms in total. The van der Waals surface area contributed by atoms with Crippen molar-refractivity contribution in [2.45, 2.75) is 12.8 Å². The molecule has 6 heteroatoms. The van der Waals surface area contributed by atoms with Crippen molar-refractivity contribution < 1.29 is 4.39 Å². The number of nitrogens with one attached hydrogen (secondary N) is 1. The van der Waals surface area contributed by atoms with Crippen LogP contribution in [0.4, 0.5) is 10.3 Å². The first kappa shape index (κ1) is 20.0. The van der Waals surface area contributed by atoms with E-state index in [1.807, 2.05) is 30.3 Å². The normalized spacial score (nSPS) is 11.8. The van der Waals surface area contributed by atoms with Gasteiger partial charge in [-0.25, -0.2) is 14.4 Å². The molecule has 0 radical (unpaired) electrons. The summed E-state index contributed by atoms with van der Waals surface area (Å²) < 4.78 is 13.4. The summed E-state index contributed by atoms with van der Waals surface area (Å²) in [4.78, 5) is 13.3. The Morgan fingerprint density at radius 1 is 0.900 bits per heavy atom. The van der Waals surface area contributed by atoms with Crippen molar-refractivity contribution in [2.24, 2.45) is 0 Å². The summed E-state index contributed by atoms with van der Waals surface area (Å²) in [5, 5.41) is 3.60. The lowest BCUT2D eigenvalue weighted by molar-refractivity contribution is 0.628. The van der Waals surface area contributed by atoms with Gasteiger partial charge in [0.1, 0.15) is 11.0 Å². The van der Waals surface area contributed by atoms with Crippen LogP contribution < -0.4 is 5.32 Å². The summed E-state index contributed by atoms with van der Waals surface area (Å²) in [5.41, 5.74) is 4.15. The van der Waals surface area contributed by atoms with Crippen molar-refractivity contribution in [3.05, 3.63) is 95.7 Å². The Kier molecular flexibility index (Phi) is 6.00. The second kappa shape index (κ2) is 9.01. The topological polar surface area (TPSA) is 50.7 Å². The molecule has 2 aromatic carbocycles. The lowest BCUT2D eigenvalue weighted by Crippen LogP contribution is -2.12. The summed E-state index contributed by atoms with van der Waals surface area (Å²) in [6.45, 7) is 2.80. The second-order valence-electron chi connectivity index (χ2n) is 7.00. The standard InChI is InChI=1S/C24H20ClFN4/c1-16(17-5-3-2-4-6-17)15-28-24-29-22(19-11-13-27-14-12-19)21(23(25)30-24)18-7-9-20(26)10-8-18/h2-14,16H,15H2,1H3,(H,28,29,30). The Morgan fingerprint density at radius 3 is 2.30 bits per heavy atom. The third-order valence-corrected chi connectivity index (χ3v) is 5.16. The van der Waals surface area contributed by atoms with Gasteiger partial charge in [0.15, 0.2) is 0 Å². The molecule has 150 valence electrons. The van der Waals surface area contributed by atoms with Gasteiger partial charge in [-0.1, -0.05) is 61.0 Å². The Morgan fingerprint density at radius 2 is 1.60 bits per heavy atom. The van der Waals surface area contributed by atoms with Gasteiger partial charge in [-0.3, -0.25) is 4.98 Å². The van der Waals surface area contributed by atoms with E-state index in [9.17, 15) is 4.39 Å². The maximum Gasteiger partial charge on any atom is 0.224 e. The Labute approximate surface area is 179 Å². The number of hydrogen-bond donors (Lipinski definition) is 1. The second-order valence-corrected chi connectivity index (χ2v) is 7.36. The highest BCUT2D eigenvalue weighted by Crippen LogP contribution is 2.36. The number of benzene rings is 2. The van der Waals surface area contributed by atoms with Crippen LogP contribution in [0.15, 0.2) is 79.1 Å².